The van der Waals surface area contributed by atoms with Crippen molar-refractivity contribution in [3.63, 3.8) is 0 Å². The third-order valence-corrected chi connectivity index (χ3v) is 5.39. The lowest BCUT2D eigenvalue weighted by Crippen LogP contribution is -2.42. The standard InChI is InChI=1S/C21H28FN3O4/c1-23(8-2-3-16-4-6-17(22)7-5-16)20(27)18-15-25(21(28)19(18)26)10-9-24-11-13-29-14-12-24/h4-7,26H,2-3,8-15H2,1H3. The van der Waals surface area contributed by atoms with E-state index in [0.717, 1.165) is 18.7 Å². The summed E-state index contributed by atoms with van der Waals surface area (Å²) < 4.78 is 18.3. The summed E-state index contributed by atoms with van der Waals surface area (Å²) in [5.41, 5.74) is 1.15. The topological polar surface area (TPSA) is 73.3 Å². The van der Waals surface area contributed by atoms with Crippen LogP contribution < -0.4 is 0 Å². The Morgan fingerprint density at radius 3 is 2.59 bits per heavy atom. The van der Waals surface area contributed by atoms with Crippen molar-refractivity contribution in [3.8, 4) is 0 Å². The predicted octanol–water partition coefficient (Wildman–Crippen LogP) is 1.20. The monoisotopic (exact) mass is 405 g/mol. The minimum Gasteiger partial charge on any atom is -0.503 e. The zero-order chi connectivity index (χ0) is 20.8. The Kier molecular flexibility index (Phi) is 7.22. The van der Waals surface area contributed by atoms with Crippen LogP contribution in [0.4, 0.5) is 4.39 Å². The minimum atomic E-state index is -0.485. The average molecular weight is 405 g/mol. The van der Waals surface area contributed by atoms with Crippen LogP contribution in [-0.2, 0) is 20.7 Å². The van der Waals surface area contributed by atoms with Crippen molar-refractivity contribution >= 4 is 11.8 Å². The van der Waals surface area contributed by atoms with Gasteiger partial charge in [0.25, 0.3) is 11.8 Å². The van der Waals surface area contributed by atoms with Crippen molar-refractivity contribution in [2.75, 3.05) is 59.5 Å². The lowest BCUT2D eigenvalue weighted by molar-refractivity contribution is -0.128. The molecule has 2 amide bonds. The van der Waals surface area contributed by atoms with Crippen molar-refractivity contribution in [2.45, 2.75) is 12.8 Å². The normalized spacial score (nSPS) is 17.9. The van der Waals surface area contributed by atoms with Crippen molar-refractivity contribution in [2.24, 2.45) is 0 Å². The SMILES string of the molecule is CN(CCCc1ccc(F)cc1)C(=O)C1=C(O)C(=O)N(CCN2CCOCC2)C1. The third-order valence-electron chi connectivity index (χ3n) is 5.39. The number of carbonyl (C=O) groups excluding carboxylic acids is 2. The molecule has 0 saturated carbocycles. The summed E-state index contributed by atoms with van der Waals surface area (Å²) in [4.78, 5) is 30.3. The first-order valence-corrected chi connectivity index (χ1v) is 9.97. The van der Waals surface area contributed by atoms with E-state index in [9.17, 15) is 19.1 Å². The molecule has 2 aliphatic heterocycles. The number of nitrogens with zero attached hydrogens (tertiary/aromatic N) is 3. The van der Waals surface area contributed by atoms with E-state index in [1.54, 1.807) is 19.2 Å². The highest BCUT2D eigenvalue weighted by atomic mass is 19.1. The Bertz CT molecular complexity index is 760. The summed E-state index contributed by atoms with van der Waals surface area (Å²) in [7, 11) is 1.66. The maximum atomic E-state index is 13.0. The number of aliphatic hydroxyl groups excluding tert-OH is 1. The van der Waals surface area contributed by atoms with Crippen LogP contribution in [0, 0.1) is 5.82 Å². The fourth-order valence-electron chi connectivity index (χ4n) is 3.56. The summed E-state index contributed by atoms with van der Waals surface area (Å²) in [5, 5.41) is 10.2. The molecular weight excluding hydrogens is 377 g/mol. The van der Waals surface area contributed by atoms with Crippen molar-refractivity contribution in [3.05, 3.63) is 47.0 Å². The van der Waals surface area contributed by atoms with Gasteiger partial charge in [-0.3, -0.25) is 14.5 Å². The number of amides is 2. The van der Waals surface area contributed by atoms with Gasteiger partial charge in [0.1, 0.15) is 5.82 Å². The molecule has 1 N–H and O–H groups in total. The highest BCUT2D eigenvalue weighted by molar-refractivity contribution is 6.06. The van der Waals surface area contributed by atoms with Crippen LogP contribution in [0.5, 0.6) is 0 Å². The number of hydrogen-bond acceptors (Lipinski definition) is 5. The molecule has 0 spiro atoms. The van der Waals surface area contributed by atoms with Crippen LogP contribution in [0.15, 0.2) is 35.6 Å². The molecule has 1 saturated heterocycles. The van der Waals surface area contributed by atoms with Gasteiger partial charge in [-0.15, -0.1) is 0 Å². The summed E-state index contributed by atoms with van der Waals surface area (Å²) in [6, 6.07) is 6.30. The Morgan fingerprint density at radius 2 is 1.90 bits per heavy atom. The number of aliphatic hydroxyl groups is 1. The van der Waals surface area contributed by atoms with Crippen LogP contribution in [-0.4, -0.2) is 91.2 Å². The van der Waals surface area contributed by atoms with Gasteiger partial charge < -0.3 is 19.6 Å². The number of ether oxygens (including phenoxy) is 1. The molecule has 0 bridgehead atoms. The molecule has 2 aliphatic rings. The average Bonchev–Trinajstić information content (AvgIpc) is 3.02. The van der Waals surface area contributed by atoms with E-state index in [2.05, 4.69) is 4.90 Å². The molecule has 29 heavy (non-hydrogen) atoms. The summed E-state index contributed by atoms with van der Waals surface area (Å²) in [6.45, 7) is 4.79. The second kappa shape index (κ2) is 9.84. The maximum absolute atomic E-state index is 13.0. The number of aryl methyl sites for hydroxylation is 1. The van der Waals surface area contributed by atoms with E-state index in [1.807, 2.05) is 0 Å². The highest BCUT2D eigenvalue weighted by Crippen LogP contribution is 2.19. The number of likely N-dealkylation sites (N-methyl/N-ethyl adjacent to an activating group) is 1. The van der Waals surface area contributed by atoms with E-state index in [1.165, 1.54) is 21.9 Å². The highest BCUT2D eigenvalue weighted by Gasteiger charge is 2.35. The molecule has 2 heterocycles. The second-order valence-electron chi connectivity index (χ2n) is 7.46. The summed E-state index contributed by atoms with van der Waals surface area (Å²) in [6.07, 6.45) is 1.42. The molecule has 8 heteroatoms. The molecule has 0 aliphatic carbocycles. The van der Waals surface area contributed by atoms with Crippen LogP contribution >= 0.6 is 0 Å². The molecule has 0 radical (unpaired) electrons. The Balaban J connectivity index is 1.47. The summed E-state index contributed by atoms with van der Waals surface area (Å²) in [5.74, 6) is -1.53. The van der Waals surface area contributed by atoms with Crippen molar-refractivity contribution < 1.29 is 23.8 Å². The van der Waals surface area contributed by atoms with E-state index in [0.29, 0.717) is 45.7 Å². The quantitative estimate of drug-likeness (QED) is 0.704. The fourth-order valence-corrected chi connectivity index (χ4v) is 3.56. The number of halogens is 1. The molecule has 7 nitrogen and oxygen atoms in total. The number of hydrogen-bond donors (Lipinski definition) is 1. The van der Waals surface area contributed by atoms with E-state index >= 15 is 0 Å². The van der Waals surface area contributed by atoms with Gasteiger partial charge in [-0.05, 0) is 30.5 Å². The Labute approximate surface area is 170 Å². The van der Waals surface area contributed by atoms with Gasteiger partial charge in [0, 0.05) is 39.8 Å². The molecular formula is C21H28FN3O4. The first-order valence-electron chi connectivity index (χ1n) is 9.97. The fraction of sp³-hybridized carbons (Fsp3) is 0.524. The van der Waals surface area contributed by atoms with E-state index in [4.69, 9.17) is 4.74 Å². The van der Waals surface area contributed by atoms with Crippen molar-refractivity contribution in [1.82, 2.24) is 14.7 Å². The van der Waals surface area contributed by atoms with Crippen LogP contribution in [0.3, 0.4) is 0 Å². The zero-order valence-corrected chi connectivity index (χ0v) is 16.8. The molecule has 0 unspecified atom stereocenters. The van der Waals surface area contributed by atoms with Gasteiger partial charge in [0.2, 0.25) is 0 Å². The lowest BCUT2D eigenvalue weighted by atomic mass is 10.1. The van der Waals surface area contributed by atoms with Gasteiger partial charge in [0.15, 0.2) is 5.76 Å². The second-order valence-corrected chi connectivity index (χ2v) is 7.46. The molecule has 1 aromatic carbocycles. The predicted molar refractivity (Wildman–Crippen MR) is 106 cm³/mol. The number of morpholine rings is 1. The lowest BCUT2D eigenvalue weighted by Gasteiger charge is -2.28. The van der Waals surface area contributed by atoms with E-state index in [-0.39, 0.29) is 23.8 Å². The van der Waals surface area contributed by atoms with Gasteiger partial charge in [-0.2, -0.15) is 0 Å². The molecule has 0 atom stereocenters. The van der Waals surface area contributed by atoms with Crippen molar-refractivity contribution in [1.29, 1.82) is 0 Å². The molecule has 1 aromatic rings. The Morgan fingerprint density at radius 1 is 1.21 bits per heavy atom. The number of rotatable bonds is 8. The van der Waals surface area contributed by atoms with Gasteiger partial charge in [-0.25, -0.2) is 4.39 Å². The van der Waals surface area contributed by atoms with Crippen LogP contribution in [0.1, 0.15) is 12.0 Å². The molecule has 3 rings (SSSR count). The first kappa shape index (κ1) is 21.3. The Hall–Kier alpha value is -2.45. The first-order chi connectivity index (χ1) is 14.0. The number of benzene rings is 1. The van der Waals surface area contributed by atoms with Crippen LogP contribution in [0.2, 0.25) is 0 Å². The molecule has 1 fully saturated rings. The van der Waals surface area contributed by atoms with E-state index < -0.39 is 11.7 Å². The molecule has 158 valence electrons. The largest absolute Gasteiger partial charge is 0.503 e. The van der Waals surface area contributed by atoms with Gasteiger partial charge >= 0.3 is 0 Å². The third kappa shape index (κ3) is 5.55. The van der Waals surface area contributed by atoms with Gasteiger partial charge in [-0.1, -0.05) is 12.1 Å². The smallest absolute Gasteiger partial charge is 0.289 e. The maximum Gasteiger partial charge on any atom is 0.289 e. The zero-order valence-electron chi connectivity index (χ0n) is 16.8. The summed E-state index contributed by atoms with van der Waals surface area (Å²) >= 11 is 0. The van der Waals surface area contributed by atoms with Gasteiger partial charge in [0.05, 0.1) is 25.3 Å². The molecule has 0 aromatic heterocycles. The number of carbonyl (C=O) groups is 2. The minimum absolute atomic E-state index is 0.135. The van der Waals surface area contributed by atoms with Crippen LogP contribution in [0.25, 0.3) is 0 Å².